The van der Waals surface area contributed by atoms with E-state index < -0.39 is 0 Å². The number of aromatic nitrogens is 2. The third kappa shape index (κ3) is 3.20. The fourth-order valence-electron chi connectivity index (χ4n) is 2.13. The van der Waals surface area contributed by atoms with Crippen molar-refractivity contribution in [1.82, 2.24) is 14.9 Å². The molecule has 0 aliphatic carbocycles. The van der Waals surface area contributed by atoms with E-state index in [0.717, 1.165) is 24.1 Å². The minimum atomic E-state index is 0.155. The molecule has 0 atom stereocenters. The molecule has 1 amide bonds. The molecule has 0 radical (unpaired) electrons. The summed E-state index contributed by atoms with van der Waals surface area (Å²) in [6.45, 7) is 6.03. The van der Waals surface area contributed by atoms with Crippen LogP contribution in [0, 0.1) is 0 Å². The largest absolute Gasteiger partial charge is 0.399 e. The summed E-state index contributed by atoms with van der Waals surface area (Å²) in [5.74, 6) is 0.820. The van der Waals surface area contributed by atoms with E-state index in [1.165, 1.54) is 0 Å². The van der Waals surface area contributed by atoms with Gasteiger partial charge >= 0.3 is 0 Å². The van der Waals surface area contributed by atoms with Gasteiger partial charge in [-0.2, -0.15) is 0 Å². The van der Waals surface area contributed by atoms with Gasteiger partial charge in [0.15, 0.2) is 0 Å². The third-order valence-electron chi connectivity index (χ3n) is 3.25. The Morgan fingerprint density at radius 1 is 1.40 bits per heavy atom. The molecule has 108 valence electrons. The summed E-state index contributed by atoms with van der Waals surface area (Å²) in [4.78, 5) is 21.2. The molecule has 0 aliphatic heterocycles. The van der Waals surface area contributed by atoms with Gasteiger partial charge in [-0.15, -0.1) is 0 Å². The number of nitrogens with one attached hydrogen (secondary N) is 2. The van der Waals surface area contributed by atoms with Gasteiger partial charge in [0.25, 0.3) is 0 Å². The van der Waals surface area contributed by atoms with Crippen molar-refractivity contribution in [2.24, 2.45) is 0 Å². The van der Waals surface area contributed by atoms with Crippen LogP contribution in [0.2, 0.25) is 0 Å². The minimum absolute atomic E-state index is 0.155. The SMILES string of the molecule is CCN(CC)C(=O)CCNc1nc2ccc(N)cc2[nH]1. The molecular weight excluding hydrogens is 254 g/mol. The predicted octanol–water partition coefficient (Wildman–Crippen LogP) is 1.82. The van der Waals surface area contributed by atoms with Crippen molar-refractivity contribution in [1.29, 1.82) is 0 Å². The standard InChI is InChI=1S/C14H21N5O/c1-3-19(4-2)13(20)7-8-16-14-17-11-6-5-10(15)9-12(11)18-14/h5-6,9H,3-4,7-8,15H2,1-2H3,(H2,16,17,18). The number of nitrogens with two attached hydrogens (primary N) is 1. The van der Waals surface area contributed by atoms with E-state index in [-0.39, 0.29) is 5.91 Å². The fraction of sp³-hybridized carbons (Fsp3) is 0.429. The van der Waals surface area contributed by atoms with Crippen molar-refractivity contribution in [2.45, 2.75) is 20.3 Å². The number of imidazole rings is 1. The summed E-state index contributed by atoms with van der Waals surface area (Å²) in [7, 11) is 0. The number of nitrogens with zero attached hydrogens (tertiary/aromatic N) is 2. The number of anilines is 2. The summed E-state index contributed by atoms with van der Waals surface area (Å²) in [6, 6.07) is 5.53. The predicted molar refractivity (Wildman–Crippen MR) is 81.5 cm³/mol. The van der Waals surface area contributed by atoms with Crippen molar-refractivity contribution < 1.29 is 4.79 Å². The lowest BCUT2D eigenvalue weighted by Gasteiger charge is -2.18. The van der Waals surface area contributed by atoms with Crippen LogP contribution in [-0.4, -0.2) is 40.4 Å². The molecule has 1 aromatic heterocycles. The normalized spacial score (nSPS) is 10.7. The number of hydrogen-bond donors (Lipinski definition) is 3. The Bertz CT molecular complexity index is 588. The lowest BCUT2D eigenvalue weighted by atomic mass is 10.3. The molecule has 1 aromatic carbocycles. The lowest BCUT2D eigenvalue weighted by Crippen LogP contribution is -2.31. The van der Waals surface area contributed by atoms with Crippen LogP contribution in [0.3, 0.4) is 0 Å². The molecule has 0 saturated heterocycles. The first-order chi connectivity index (χ1) is 9.63. The highest BCUT2D eigenvalue weighted by molar-refractivity contribution is 5.81. The van der Waals surface area contributed by atoms with Gasteiger partial charge < -0.3 is 20.9 Å². The zero-order chi connectivity index (χ0) is 14.5. The second-order valence-electron chi connectivity index (χ2n) is 4.60. The van der Waals surface area contributed by atoms with Gasteiger partial charge in [-0.3, -0.25) is 4.79 Å². The molecule has 0 saturated carbocycles. The highest BCUT2D eigenvalue weighted by atomic mass is 16.2. The summed E-state index contributed by atoms with van der Waals surface area (Å²) in [6.07, 6.45) is 0.459. The maximum Gasteiger partial charge on any atom is 0.224 e. The van der Waals surface area contributed by atoms with Crippen LogP contribution in [0.25, 0.3) is 11.0 Å². The van der Waals surface area contributed by atoms with E-state index in [4.69, 9.17) is 5.73 Å². The molecule has 0 spiro atoms. The number of carbonyl (C=O) groups is 1. The molecule has 4 N–H and O–H groups in total. The molecular formula is C14H21N5O. The third-order valence-corrected chi connectivity index (χ3v) is 3.25. The Kier molecular flexibility index (Phi) is 4.45. The molecule has 0 aliphatic rings. The van der Waals surface area contributed by atoms with Crippen LogP contribution < -0.4 is 11.1 Å². The summed E-state index contributed by atoms with van der Waals surface area (Å²) in [5.41, 5.74) is 8.17. The molecule has 20 heavy (non-hydrogen) atoms. The first-order valence-corrected chi connectivity index (χ1v) is 6.91. The van der Waals surface area contributed by atoms with E-state index in [0.29, 0.717) is 24.6 Å². The highest BCUT2D eigenvalue weighted by Crippen LogP contribution is 2.16. The van der Waals surface area contributed by atoms with Gasteiger partial charge in [0, 0.05) is 31.7 Å². The summed E-state index contributed by atoms with van der Waals surface area (Å²) < 4.78 is 0. The summed E-state index contributed by atoms with van der Waals surface area (Å²) in [5, 5.41) is 3.13. The Morgan fingerprint density at radius 2 is 2.15 bits per heavy atom. The molecule has 1 heterocycles. The van der Waals surface area contributed by atoms with Crippen LogP contribution in [0.4, 0.5) is 11.6 Å². The van der Waals surface area contributed by atoms with Crippen LogP contribution >= 0.6 is 0 Å². The molecule has 6 nitrogen and oxygen atoms in total. The molecule has 6 heteroatoms. The minimum Gasteiger partial charge on any atom is -0.399 e. The maximum atomic E-state index is 11.9. The average Bonchev–Trinajstić information content (AvgIpc) is 2.82. The second kappa shape index (κ2) is 6.27. The summed E-state index contributed by atoms with van der Waals surface area (Å²) >= 11 is 0. The Balaban J connectivity index is 1.91. The lowest BCUT2D eigenvalue weighted by molar-refractivity contribution is -0.130. The number of hydrogen-bond acceptors (Lipinski definition) is 4. The molecule has 0 fully saturated rings. The number of fused-ring (bicyclic) bond motifs is 1. The number of aromatic amines is 1. The monoisotopic (exact) mass is 275 g/mol. The van der Waals surface area contributed by atoms with Gasteiger partial charge in [-0.25, -0.2) is 4.98 Å². The van der Waals surface area contributed by atoms with Crippen LogP contribution in [0.5, 0.6) is 0 Å². The maximum absolute atomic E-state index is 11.9. The number of H-pyrrole nitrogens is 1. The quantitative estimate of drug-likeness (QED) is 0.702. The van der Waals surface area contributed by atoms with Crippen LogP contribution in [0.1, 0.15) is 20.3 Å². The topological polar surface area (TPSA) is 87.0 Å². The van der Waals surface area contributed by atoms with Crippen molar-refractivity contribution in [3.05, 3.63) is 18.2 Å². The number of benzene rings is 1. The zero-order valence-corrected chi connectivity index (χ0v) is 11.9. The first-order valence-electron chi connectivity index (χ1n) is 6.91. The number of carbonyl (C=O) groups excluding carboxylic acids is 1. The average molecular weight is 275 g/mol. The van der Waals surface area contributed by atoms with E-state index in [1.807, 2.05) is 36.9 Å². The van der Waals surface area contributed by atoms with Crippen molar-refractivity contribution in [3.63, 3.8) is 0 Å². The Labute approximate surface area is 118 Å². The van der Waals surface area contributed by atoms with Gasteiger partial charge in [-0.1, -0.05) is 0 Å². The van der Waals surface area contributed by atoms with E-state index in [2.05, 4.69) is 15.3 Å². The number of amides is 1. The van der Waals surface area contributed by atoms with Crippen molar-refractivity contribution in [3.8, 4) is 0 Å². The van der Waals surface area contributed by atoms with Gasteiger partial charge in [-0.05, 0) is 32.0 Å². The van der Waals surface area contributed by atoms with E-state index in [1.54, 1.807) is 0 Å². The molecule has 2 aromatic rings. The Hall–Kier alpha value is -2.24. The first kappa shape index (κ1) is 14.2. The second-order valence-corrected chi connectivity index (χ2v) is 4.60. The zero-order valence-electron chi connectivity index (χ0n) is 11.9. The van der Waals surface area contributed by atoms with Crippen molar-refractivity contribution in [2.75, 3.05) is 30.7 Å². The smallest absolute Gasteiger partial charge is 0.224 e. The van der Waals surface area contributed by atoms with Crippen LogP contribution in [-0.2, 0) is 4.79 Å². The molecule has 0 unspecified atom stereocenters. The highest BCUT2D eigenvalue weighted by Gasteiger charge is 2.09. The van der Waals surface area contributed by atoms with Gasteiger partial charge in [0.2, 0.25) is 11.9 Å². The number of nitrogen functional groups attached to an aromatic ring is 1. The van der Waals surface area contributed by atoms with Crippen molar-refractivity contribution >= 4 is 28.6 Å². The fourth-order valence-corrected chi connectivity index (χ4v) is 2.13. The molecule has 0 bridgehead atoms. The Morgan fingerprint density at radius 3 is 2.85 bits per heavy atom. The number of rotatable bonds is 6. The molecule has 2 rings (SSSR count). The van der Waals surface area contributed by atoms with E-state index >= 15 is 0 Å². The van der Waals surface area contributed by atoms with Crippen LogP contribution in [0.15, 0.2) is 18.2 Å². The van der Waals surface area contributed by atoms with Gasteiger partial charge in [0.1, 0.15) is 0 Å². The van der Waals surface area contributed by atoms with E-state index in [9.17, 15) is 4.79 Å². The van der Waals surface area contributed by atoms with Gasteiger partial charge in [0.05, 0.1) is 11.0 Å².